The molecule has 1 aromatic rings. The number of halogens is 2. The third-order valence-electron chi connectivity index (χ3n) is 1.20. The molecule has 0 aromatic heterocycles. The van der Waals surface area contributed by atoms with E-state index in [0.29, 0.717) is 12.4 Å². The van der Waals surface area contributed by atoms with Crippen LogP contribution in [0.5, 0.6) is 5.75 Å². The highest BCUT2D eigenvalue weighted by Gasteiger charge is 2.01. The van der Waals surface area contributed by atoms with Crippen molar-refractivity contribution in [1.29, 1.82) is 0 Å². The molecule has 0 aliphatic heterocycles. The minimum Gasteiger partial charge on any atom is -0.494 e. The fourth-order valence-electron chi connectivity index (χ4n) is 0.733. The molecule has 0 aliphatic rings. The van der Waals surface area contributed by atoms with Gasteiger partial charge in [-0.05, 0) is 19.1 Å². The van der Waals surface area contributed by atoms with E-state index < -0.39 is 11.6 Å². The van der Waals surface area contributed by atoms with Crippen molar-refractivity contribution in [3.05, 3.63) is 29.8 Å². The summed E-state index contributed by atoms with van der Waals surface area (Å²) in [5, 5.41) is 0. The number of hydrogen-bond acceptors (Lipinski definition) is 1. The molecule has 0 bridgehead atoms. The highest BCUT2D eigenvalue weighted by molar-refractivity contribution is 5.23. The lowest BCUT2D eigenvalue weighted by atomic mass is 10.3. The highest BCUT2D eigenvalue weighted by Crippen LogP contribution is 2.14. The van der Waals surface area contributed by atoms with E-state index in [0.717, 1.165) is 12.1 Å². The predicted molar refractivity (Wildman–Crippen MR) is 37.5 cm³/mol. The first-order valence-corrected chi connectivity index (χ1v) is 3.32. The van der Waals surface area contributed by atoms with Crippen molar-refractivity contribution in [2.24, 2.45) is 0 Å². The Bertz CT molecular complexity index is 248. The molecule has 0 saturated carbocycles. The summed E-state index contributed by atoms with van der Waals surface area (Å²) in [5.41, 5.74) is 0. The Morgan fingerprint density at radius 2 is 2.00 bits per heavy atom. The van der Waals surface area contributed by atoms with Crippen LogP contribution in [0, 0.1) is 11.6 Å². The second-order valence-electron chi connectivity index (χ2n) is 2.01. The largest absolute Gasteiger partial charge is 0.494 e. The lowest BCUT2D eigenvalue weighted by Gasteiger charge is -2.01. The first-order valence-electron chi connectivity index (χ1n) is 3.32. The summed E-state index contributed by atoms with van der Waals surface area (Å²) in [4.78, 5) is 0. The molecule has 0 radical (unpaired) electrons. The second kappa shape index (κ2) is 3.32. The van der Waals surface area contributed by atoms with Gasteiger partial charge in [0, 0.05) is 6.07 Å². The van der Waals surface area contributed by atoms with Crippen molar-refractivity contribution in [3.8, 4) is 5.75 Å². The molecule has 0 unspecified atom stereocenters. The maximum Gasteiger partial charge on any atom is 0.162 e. The van der Waals surface area contributed by atoms with Crippen LogP contribution < -0.4 is 4.74 Å². The Morgan fingerprint density at radius 1 is 1.27 bits per heavy atom. The van der Waals surface area contributed by atoms with Crippen molar-refractivity contribution in [2.45, 2.75) is 6.92 Å². The molecule has 0 N–H and O–H groups in total. The van der Waals surface area contributed by atoms with Crippen LogP contribution >= 0.6 is 0 Å². The van der Waals surface area contributed by atoms with Gasteiger partial charge in [0.15, 0.2) is 11.6 Å². The maximum atomic E-state index is 12.4. The van der Waals surface area contributed by atoms with Gasteiger partial charge in [0.1, 0.15) is 5.75 Å². The van der Waals surface area contributed by atoms with Crippen LogP contribution in [0.3, 0.4) is 0 Å². The van der Waals surface area contributed by atoms with Crippen LogP contribution in [-0.4, -0.2) is 6.61 Å². The summed E-state index contributed by atoms with van der Waals surface area (Å²) in [6.07, 6.45) is 0. The summed E-state index contributed by atoms with van der Waals surface area (Å²) >= 11 is 0. The Labute approximate surface area is 63.6 Å². The van der Waals surface area contributed by atoms with Gasteiger partial charge in [0.2, 0.25) is 0 Å². The van der Waals surface area contributed by atoms with Crippen LogP contribution in [0.2, 0.25) is 0 Å². The third-order valence-corrected chi connectivity index (χ3v) is 1.20. The number of ether oxygens (including phenoxy) is 1. The molecule has 0 fully saturated rings. The molecule has 3 heteroatoms. The fraction of sp³-hybridized carbons (Fsp3) is 0.250. The van der Waals surface area contributed by atoms with Gasteiger partial charge in [0.25, 0.3) is 0 Å². The fourth-order valence-corrected chi connectivity index (χ4v) is 0.733. The summed E-state index contributed by atoms with van der Waals surface area (Å²) in [7, 11) is 0. The molecule has 1 aromatic carbocycles. The second-order valence-corrected chi connectivity index (χ2v) is 2.01. The average Bonchev–Trinajstić information content (AvgIpc) is 1.98. The lowest BCUT2D eigenvalue weighted by Crippen LogP contribution is -1.92. The topological polar surface area (TPSA) is 9.23 Å². The van der Waals surface area contributed by atoms with Gasteiger partial charge in [-0.3, -0.25) is 0 Å². The number of hydrogen-bond donors (Lipinski definition) is 0. The van der Waals surface area contributed by atoms with Crippen LogP contribution in [0.4, 0.5) is 8.78 Å². The number of rotatable bonds is 2. The highest BCUT2D eigenvalue weighted by atomic mass is 19.2. The van der Waals surface area contributed by atoms with Crippen LogP contribution in [-0.2, 0) is 0 Å². The smallest absolute Gasteiger partial charge is 0.162 e. The van der Waals surface area contributed by atoms with E-state index in [-0.39, 0.29) is 0 Å². The summed E-state index contributed by atoms with van der Waals surface area (Å²) in [5.74, 6) is -1.38. The Hall–Kier alpha value is -1.12. The zero-order valence-electron chi connectivity index (χ0n) is 6.10. The third kappa shape index (κ3) is 1.90. The van der Waals surface area contributed by atoms with E-state index in [4.69, 9.17) is 4.74 Å². The summed E-state index contributed by atoms with van der Waals surface area (Å²) in [6, 6.07) is 3.46. The van der Waals surface area contributed by atoms with Crippen molar-refractivity contribution in [1.82, 2.24) is 0 Å². The Morgan fingerprint density at radius 3 is 2.55 bits per heavy atom. The standard InChI is InChI=1S/C8H8F2O/c1-2-11-6-3-4-7(9)8(10)5-6/h3-5H,2H2,1H3. The molecular formula is C8H8F2O. The van der Waals surface area contributed by atoms with Crippen molar-refractivity contribution < 1.29 is 13.5 Å². The van der Waals surface area contributed by atoms with Crippen molar-refractivity contribution >= 4 is 0 Å². The average molecular weight is 158 g/mol. The zero-order valence-corrected chi connectivity index (χ0v) is 6.10. The van der Waals surface area contributed by atoms with E-state index in [1.165, 1.54) is 6.07 Å². The maximum absolute atomic E-state index is 12.4. The first kappa shape index (κ1) is 7.98. The van der Waals surface area contributed by atoms with E-state index in [2.05, 4.69) is 0 Å². The van der Waals surface area contributed by atoms with E-state index in [1.807, 2.05) is 0 Å². The van der Waals surface area contributed by atoms with Crippen LogP contribution in [0.15, 0.2) is 18.2 Å². The van der Waals surface area contributed by atoms with Crippen molar-refractivity contribution in [2.75, 3.05) is 6.61 Å². The van der Waals surface area contributed by atoms with Gasteiger partial charge in [-0.25, -0.2) is 8.78 Å². The van der Waals surface area contributed by atoms with Gasteiger partial charge in [0.05, 0.1) is 6.61 Å². The van der Waals surface area contributed by atoms with Crippen LogP contribution in [0.25, 0.3) is 0 Å². The zero-order chi connectivity index (χ0) is 8.27. The van der Waals surface area contributed by atoms with Gasteiger partial charge in [-0.15, -0.1) is 0 Å². The van der Waals surface area contributed by atoms with Gasteiger partial charge >= 0.3 is 0 Å². The van der Waals surface area contributed by atoms with Gasteiger partial charge < -0.3 is 4.74 Å². The van der Waals surface area contributed by atoms with Crippen molar-refractivity contribution in [3.63, 3.8) is 0 Å². The Balaban J connectivity index is 2.86. The summed E-state index contributed by atoms with van der Waals surface area (Å²) < 4.78 is 29.7. The van der Waals surface area contributed by atoms with E-state index in [1.54, 1.807) is 6.92 Å². The molecule has 1 nitrogen and oxygen atoms in total. The van der Waals surface area contributed by atoms with Crippen LogP contribution in [0.1, 0.15) is 6.92 Å². The van der Waals surface area contributed by atoms with Gasteiger partial charge in [-0.1, -0.05) is 0 Å². The summed E-state index contributed by atoms with van der Waals surface area (Å²) in [6.45, 7) is 2.23. The molecule has 0 amide bonds. The molecule has 11 heavy (non-hydrogen) atoms. The van der Waals surface area contributed by atoms with E-state index >= 15 is 0 Å². The Kier molecular flexibility index (Phi) is 2.41. The quantitative estimate of drug-likeness (QED) is 0.642. The molecule has 0 atom stereocenters. The normalized spacial score (nSPS) is 9.73. The monoisotopic (exact) mass is 158 g/mol. The molecule has 0 aliphatic carbocycles. The minimum atomic E-state index is -0.879. The molecule has 0 spiro atoms. The van der Waals surface area contributed by atoms with Gasteiger partial charge in [-0.2, -0.15) is 0 Å². The number of benzene rings is 1. The SMILES string of the molecule is CCOc1ccc(F)c(F)c1. The molecule has 0 heterocycles. The lowest BCUT2D eigenvalue weighted by molar-refractivity contribution is 0.336. The molecular weight excluding hydrogens is 150 g/mol. The molecule has 1 rings (SSSR count). The minimum absolute atomic E-state index is 0.353. The first-order chi connectivity index (χ1) is 5.24. The van der Waals surface area contributed by atoms with E-state index in [9.17, 15) is 8.78 Å². The molecule has 0 saturated heterocycles. The molecule has 60 valence electrons. The predicted octanol–water partition coefficient (Wildman–Crippen LogP) is 2.36.